The molecule has 7 heteroatoms. The normalized spacial score (nSPS) is 10.9. The molecule has 0 unspecified atom stereocenters. The van der Waals surface area contributed by atoms with Gasteiger partial charge in [-0.15, -0.1) is 11.3 Å². The van der Waals surface area contributed by atoms with Crippen molar-refractivity contribution in [3.05, 3.63) is 73.1 Å². The monoisotopic (exact) mass is 421 g/mol. The quantitative estimate of drug-likeness (QED) is 0.385. The lowest BCUT2D eigenvalue weighted by Crippen LogP contribution is -2.14. The summed E-state index contributed by atoms with van der Waals surface area (Å²) in [6, 6.07) is 8.92. The maximum Gasteiger partial charge on any atom is 0.349 e. The summed E-state index contributed by atoms with van der Waals surface area (Å²) >= 11 is 13.4. The number of hydrogen-bond donors (Lipinski definition) is 0. The van der Waals surface area contributed by atoms with Crippen LogP contribution in [0.4, 0.5) is 0 Å². The third kappa shape index (κ3) is 3.95. The Labute approximate surface area is 171 Å². The van der Waals surface area contributed by atoms with Crippen LogP contribution in [0.25, 0.3) is 5.69 Å². The highest BCUT2D eigenvalue weighted by atomic mass is 35.5. The second kappa shape index (κ2) is 7.89. The predicted octanol–water partition coefficient (Wildman–Crippen LogP) is 5.81. The van der Waals surface area contributed by atoms with Gasteiger partial charge < -0.3 is 9.30 Å². The summed E-state index contributed by atoms with van der Waals surface area (Å²) in [5.74, 6) is -0.730. The molecule has 2 aromatic heterocycles. The number of Topliss-reactive ketones (excluding diaryl/α,β-unsaturated/α-hetero) is 1. The van der Waals surface area contributed by atoms with E-state index in [1.807, 2.05) is 42.9 Å². The Balaban J connectivity index is 1.81. The van der Waals surface area contributed by atoms with Crippen LogP contribution in [-0.4, -0.2) is 22.9 Å². The molecular weight excluding hydrogens is 405 g/mol. The third-order valence-corrected chi connectivity index (χ3v) is 6.01. The van der Waals surface area contributed by atoms with Crippen molar-refractivity contribution in [1.82, 2.24) is 4.57 Å². The van der Waals surface area contributed by atoms with Crippen molar-refractivity contribution in [2.75, 3.05) is 6.61 Å². The lowest BCUT2D eigenvalue weighted by molar-refractivity contribution is 0.0478. The summed E-state index contributed by atoms with van der Waals surface area (Å²) in [4.78, 5) is 25.2. The van der Waals surface area contributed by atoms with Gasteiger partial charge in [-0.05, 0) is 62.0 Å². The first-order valence-corrected chi connectivity index (χ1v) is 9.82. The zero-order valence-electron chi connectivity index (χ0n) is 15.0. The first-order chi connectivity index (χ1) is 12.8. The molecule has 0 spiro atoms. The molecule has 3 aromatic rings. The van der Waals surface area contributed by atoms with Gasteiger partial charge in [0.05, 0.1) is 10.0 Å². The van der Waals surface area contributed by atoms with Crippen LogP contribution in [0.5, 0.6) is 0 Å². The summed E-state index contributed by atoms with van der Waals surface area (Å²) in [5, 5.41) is 2.73. The summed E-state index contributed by atoms with van der Waals surface area (Å²) in [6.45, 7) is 5.27. The van der Waals surface area contributed by atoms with Gasteiger partial charge in [-0.2, -0.15) is 0 Å². The molecule has 0 amide bonds. The minimum Gasteiger partial charge on any atom is -0.453 e. The van der Waals surface area contributed by atoms with Gasteiger partial charge in [0, 0.05) is 22.6 Å². The van der Waals surface area contributed by atoms with E-state index in [1.165, 1.54) is 11.3 Å². The summed E-state index contributed by atoms with van der Waals surface area (Å²) in [6.07, 6.45) is 0. The summed E-state index contributed by atoms with van der Waals surface area (Å²) < 4.78 is 7.12. The van der Waals surface area contributed by atoms with Crippen LogP contribution in [-0.2, 0) is 4.74 Å². The molecule has 4 nitrogen and oxygen atoms in total. The Kier molecular flexibility index (Phi) is 5.75. The number of ketones is 1. The zero-order chi connectivity index (χ0) is 19.7. The molecule has 0 radical (unpaired) electrons. The Morgan fingerprint density at radius 1 is 1.07 bits per heavy atom. The van der Waals surface area contributed by atoms with Crippen LogP contribution in [0.15, 0.2) is 35.7 Å². The van der Waals surface area contributed by atoms with E-state index in [-0.39, 0.29) is 12.4 Å². The number of esters is 1. The van der Waals surface area contributed by atoms with Crippen LogP contribution in [0, 0.1) is 20.8 Å². The molecule has 0 N–H and O–H groups in total. The second-order valence-corrected chi connectivity index (χ2v) is 7.88. The molecule has 140 valence electrons. The molecule has 0 saturated heterocycles. The highest BCUT2D eigenvalue weighted by Gasteiger charge is 2.20. The highest BCUT2D eigenvalue weighted by Crippen LogP contribution is 2.28. The molecule has 1 aromatic carbocycles. The van der Waals surface area contributed by atoms with Crippen molar-refractivity contribution in [3.8, 4) is 5.69 Å². The van der Waals surface area contributed by atoms with Crippen molar-refractivity contribution in [2.45, 2.75) is 20.8 Å². The third-order valence-electron chi connectivity index (χ3n) is 4.27. The standard InChI is InChI=1S/C20H17Cl2NO3S/c1-11-6-7-27-19(11)20(25)26-10-18(24)15-8-12(2)23(13(15)3)14-4-5-16(21)17(22)9-14/h4-9H,10H2,1-3H3. The van der Waals surface area contributed by atoms with E-state index in [9.17, 15) is 9.59 Å². The van der Waals surface area contributed by atoms with E-state index >= 15 is 0 Å². The molecule has 0 aliphatic rings. The summed E-state index contributed by atoms with van der Waals surface area (Å²) in [7, 11) is 0. The fraction of sp³-hybridized carbons (Fsp3) is 0.200. The maximum absolute atomic E-state index is 12.6. The fourth-order valence-electron chi connectivity index (χ4n) is 2.92. The zero-order valence-corrected chi connectivity index (χ0v) is 17.3. The first-order valence-electron chi connectivity index (χ1n) is 8.18. The smallest absolute Gasteiger partial charge is 0.349 e. The second-order valence-electron chi connectivity index (χ2n) is 6.15. The van der Waals surface area contributed by atoms with E-state index < -0.39 is 5.97 Å². The van der Waals surface area contributed by atoms with Crippen molar-refractivity contribution in [2.24, 2.45) is 0 Å². The number of carbonyl (C=O) groups excluding carboxylic acids is 2. The molecule has 0 aliphatic carbocycles. The van der Waals surface area contributed by atoms with Gasteiger partial charge in [0.15, 0.2) is 6.61 Å². The number of halogens is 2. The number of rotatable bonds is 5. The number of hydrogen-bond acceptors (Lipinski definition) is 4. The van der Waals surface area contributed by atoms with Gasteiger partial charge in [0.25, 0.3) is 0 Å². The van der Waals surface area contributed by atoms with Crippen molar-refractivity contribution < 1.29 is 14.3 Å². The average Bonchev–Trinajstić information content (AvgIpc) is 3.18. The van der Waals surface area contributed by atoms with Gasteiger partial charge in [0.1, 0.15) is 4.88 Å². The number of aromatic nitrogens is 1. The number of thiophene rings is 1. The number of aryl methyl sites for hydroxylation is 2. The molecule has 0 bridgehead atoms. The van der Waals surface area contributed by atoms with Gasteiger partial charge in [-0.25, -0.2) is 4.79 Å². The Bertz CT molecular complexity index is 1040. The van der Waals surface area contributed by atoms with Crippen LogP contribution in [0.2, 0.25) is 10.0 Å². The molecular formula is C20H17Cl2NO3S. The molecule has 0 saturated carbocycles. The van der Waals surface area contributed by atoms with Gasteiger partial charge >= 0.3 is 5.97 Å². The largest absolute Gasteiger partial charge is 0.453 e. The predicted molar refractivity (Wildman–Crippen MR) is 109 cm³/mol. The Morgan fingerprint density at radius 3 is 2.44 bits per heavy atom. The maximum atomic E-state index is 12.6. The van der Waals surface area contributed by atoms with E-state index in [4.69, 9.17) is 27.9 Å². The molecule has 3 rings (SSSR count). The van der Waals surface area contributed by atoms with Crippen LogP contribution < -0.4 is 0 Å². The first kappa shape index (κ1) is 19.7. The lowest BCUT2D eigenvalue weighted by Gasteiger charge is -2.11. The highest BCUT2D eigenvalue weighted by molar-refractivity contribution is 7.12. The fourth-order valence-corrected chi connectivity index (χ4v) is 4.03. The molecule has 27 heavy (non-hydrogen) atoms. The van der Waals surface area contributed by atoms with Crippen molar-refractivity contribution in [1.29, 1.82) is 0 Å². The topological polar surface area (TPSA) is 48.3 Å². The number of benzene rings is 1. The number of ether oxygens (including phenoxy) is 1. The average molecular weight is 422 g/mol. The van der Waals surface area contributed by atoms with Crippen LogP contribution in [0.1, 0.15) is 37.0 Å². The number of nitrogens with zero attached hydrogens (tertiary/aromatic N) is 1. The van der Waals surface area contributed by atoms with E-state index in [2.05, 4.69) is 0 Å². The Hall–Kier alpha value is -2.08. The van der Waals surface area contributed by atoms with E-state index in [1.54, 1.807) is 18.2 Å². The van der Waals surface area contributed by atoms with Crippen molar-refractivity contribution in [3.63, 3.8) is 0 Å². The van der Waals surface area contributed by atoms with Gasteiger partial charge in [-0.3, -0.25) is 4.79 Å². The molecule has 0 aliphatic heterocycles. The summed E-state index contributed by atoms with van der Waals surface area (Å²) in [5.41, 5.74) is 3.78. The minimum absolute atomic E-state index is 0.253. The van der Waals surface area contributed by atoms with Crippen LogP contribution in [0.3, 0.4) is 0 Å². The molecule has 2 heterocycles. The van der Waals surface area contributed by atoms with Crippen molar-refractivity contribution >= 4 is 46.3 Å². The van der Waals surface area contributed by atoms with E-state index in [0.717, 1.165) is 22.6 Å². The minimum atomic E-state index is -0.478. The molecule has 0 atom stereocenters. The number of carbonyl (C=O) groups is 2. The lowest BCUT2D eigenvalue weighted by atomic mass is 10.1. The van der Waals surface area contributed by atoms with E-state index in [0.29, 0.717) is 20.5 Å². The van der Waals surface area contributed by atoms with Gasteiger partial charge in [0.2, 0.25) is 5.78 Å². The molecule has 0 fully saturated rings. The SMILES string of the molecule is Cc1ccsc1C(=O)OCC(=O)c1cc(C)n(-c2ccc(Cl)c(Cl)c2)c1C. The van der Waals surface area contributed by atoms with Crippen LogP contribution >= 0.6 is 34.5 Å². The Morgan fingerprint density at radius 2 is 1.81 bits per heavy atom. The van der Waals surface area contributed by atoms with Gasteiger partial charge in [-0.1, -0.05) is 23.2 Å².